The molecule has 6 N–H and O–H groups in total. The van der Waals surface area contributed by atoms with E-state index in [2.05, 4.69) is 28.5 Å². The second-order valence-corrected chi connectivity index (χ2v) is 6.64. The maximum absolute atomic E-state index is 7.23. The third kappa shape index (κ3) is 285. The molecule has 0 bridgehead atoms. The van der Waals surface area contributed by atoms with Gasteiger partial charge in [0.2, 0.25) is 0 Å². The molecule has 0 amide bonds. The van der Waals surface area contributed by atoms with Gasteiger partial charge in [0.25, 0.3) is 0 Å². The molecule has 11 heteroatoms. The molecule has 0 aromatic heterocycles. The van der Waals surface area contributed by atoms with E-state index in [1.165, 1.54) is 10.9 Å². The molecule has 76 valence electrons. The zero-order chi connectivity index (χ0) is 9.86. The Bertz CT molecular complexity index is 42.3. The third-order valence-electron chi connectivity index (χ3n) is 0. The van der Waals surface area contributed by atoms with Crippen molar-refractivity contribution in [3.63, 3.8) is 0 Å². The first-order valence-corrected chi connectivity index (χ1v) is 8.72. The molecule has 0 fully saturated rings. The van der Waals surface area contributed by atoms with Crippen molar-refractivity contribution in [3.05, 3.63) is 0 Å². The molecule has 0 radical (unpaired) electrons. The third-order valence-corrected chi connectivity index (χ3v) is 0. The molecule has 0 heterocycles. The van der Waals surface area contributed by atoms with Gasteiger partial charge in [-0.05, 0) is 0 Å². The zero-order valence-electron chi connectivity index (χ0n) is 4.65. The molecular weight excluding hydrogens is 376 g/mol. The van der Waals surface area contributed by atoms with Gasteiger partial charge in [-0.25, -0.2) is 0 Å². The van der Waals surface area contributed by atoms with Crippen LogP contribution in [0.5, 0.6) is 0 Å². The Balaban J connectivity index is -0.0000000886. The average Bonchev–Trinajstić information content (AvgIpc) is 1.60. The van der Waals surface area contributed by atoms with Crippen LogP contribution in [0.25, 0.3) is 0 Å². The van der Waals surface area contributed by atoms with Gasteiger partial charge in [0.05, 0.1) is 0 Å². The monoisotopic (exact) mass is 380 g/mol. The van der Waals surface area contributed by atoms with Crippen LogP contribution in [0.1, 0.15) is 0 Å². The summed E-state index contributed by atoms with van der Waals surface area (Å²) in [6.07, 6.45) is 0. The summed E-state index contributed by atoms with van der Waals surface area (Å²) in [5, 5.41) is 0. The van der Waals surface area contributed by atoms with Crippen LogP contribution in [-0.4, -0.2) is 29.4 Å². The van der Waals surface area contributed by atoms with E-state index in [-0.39, 0.29) is 0 Å². The second-order valence-electron chi connectivity index (χ2n) is 0.582. The molecule has 0 aliphatic rings. The molecule has 11 heavy (non-hydrogen) atoms. The first kappa shape index (κ1) is 18.8. The van der Waals surface area contributed by atoms with Crippen molar-refractivity contribution < 1.29 is 40.3 Å². The van der Waals surface area contributed by atoms with Crippen molar-refractivity contribution in [2.75, 3.05) is 0 Å². The molecule has 0 aromatic carbocycles. The first-order valence-electron chi connectivity index (χ1n) is 1.44. The summed E-state index contributed by atoms with van der Waals surface area (Å²) in [7, 11) is -3.99. The van der Waals surface area contributed by atoms with E-state index in [9.17, 15) is 0 Å². The summed E-state index contributed by atoms with van der Waals surface area (Å²) in [5.74, 6) is 0. The molecular formula is H6Br2NiO6P2. The summed E-state index contributed by atoms with van der Waals surface area (Å²) in [5.41, 5.74) is 0. The van der Waals surface area contributed by atoms with Crippen LogP contribution in [0.3, 0.4) is 0 Å². The van der Waals surface area contributed by atoms with Crippen molar-refractivity contribution >= 4 is 45.7 Å². The average molecular weight is 382 g/mol. The molecule has 0 aliphatic carbocycles. The molecule has 0 rings (SSSR count). The van der Waals surface area contributed by atoms with Crippen molar-refractivity contribution in [3.8, 4) is 0 Å². The predicted molar refractivity (Wildman–Crippen MR) is 45.0 cm³/mol. The molecule has 0 spiro atoms. The number of rotatable bonds is 0. The van der Waals surface area contributed by atoms with Crippen LogP contribution in [0, 0.1) is 0 Å². The van der Waals surface area contributed by atoms with Gasteiger partial charge in [0.1, 0.15) is 0 Å². The van der Waals surface area contributed by atoms with Crippen LogP contribution in [0.4, 0.5) is 0 Å². The van der Waals surface area contributed by atoms with Gasteiger partial charge in [0.15, 0.2) is 0 Å². The second kappa shape index (κ2) is 18.0. The van der Waals surface area contributed by atoms with E-state index in [1.54, 1.807) is 0 Å². The maximum atomic E-state index is 7.23. The van der Waals surface area contributed by atoms with Gasteiger partial charge < -0.3 is 29.4 Å². The van der Waals surface area contributed by atoms with Crippen LogP contribution >= 0.6 is 45.7 Å². The van der Waals surface area contributed by atoms with E-state index >= 15 is 0 Å². The topological polar surface area (TPSA) is 121 Å². The Labute approximate surface area is 85.6 Å². The van der Waals surface area contributed by atoms with Gasteiger partial charge >= 0.3 is 56.6 Å². The summed E-state index contributed by atoms with van der Waals surface area (Å²) in [6, 6.07) is 0. The van der Waals surface area contributed by atoms with E-state index in [1.807, 2.05) is 0 Å². The number of halogens is 2. The van der Waals surface area contributed by atoms with Crippen LogP contribution in [-0.2, 0) is 10.9 Å². The summed E-state index contributed by atoms with van der Waals surface area (Å²) in [4.78, 5) is 43.4. The molecule has 0 aromatic rings. The minimum absolute atomic E-state index is 1.25. The Morgan fingerprint density at radius 2 is 0.727 bits per heavy atom. The summed E-state index contributed by atoms with van der Waals surface area (Å²) >= 11 is 6.00. The fourth-order valence-electron chi connectivity index (χ4n) is 0. The normalized spacial score (nSPS) is 8.55. The Kier molecular flexibility index (Phi) is 30.7. The van der Waals surface area contributed by atoms with Crippen molar-refractivity contribution in [2.24, 2.45) is 0 Å². The molecule has 0 saturated heterocycles. The minimum atomic E-state index is -2.62. The van der Waals surface area contributed by atoms with Gasteiger partial charge in [-0.3, -0.25) is 0 Å². The molecule has 0 saturated carbocycles. The number of hydrogen-bond donors (Lipinski definition) is 6. The Morgan fingerprint density at radius 3 is 0.727 bits per heavy atom. The van der Waals surface area contributed by atoms with Crippen LogP contribution in [0.15, 0.2) is 0 Å². The van der Waals surface area contributed by atoms with E-state index in [0.717, 1.165) is 0 Å². The van der Waals surface area contributed by atoms with Gasteiger partial charge in [-0.1, -0.05) is 0 Å². The Morgan fingerprint density at radius 1 is 0.727 bits per heavy atom. The predicted octanol–water partition coefficient (Wildman–Crippen LogP) is 0.0691. The molecule has 0 atom stereocenters. The quantitative estimate of drug-likeness (QED) is 0.260. The zero-order valence-corrected chi connectivity index (χ0v) is 10.6. The number of hydrogen-bond acceptors (Lipinski definition) is 6. The van der Waals surface area contributed by atoms with Crippen LogP contribution in [0.2, 0.25) is 0 Å². The van der Waals surface area contributed by atoms with Crippen molar-refractivity contribution in [1.29, 1.82) is 0 Å². The van der Waals surface area contributed by atoms with E-state index in [4.69, 9.17) is 29.4 Å². The SMILES string of the molecule is OP(O)O.OP(O)O.[Br][Ni][Br]. The van der Waals surface area contributed by atoms with Gasteiger partial charge in [0, 0.05) is 0 Å². The molecule has 0 aliphatic heterocycles. The van der Waals surface area contributed by atoms with Gasteiger partial charge in [-0.15, -0.1) is 0 Å². The standard InChI is InChI=1S/2BrH.Ni.2H3O3P/c;;;2*1-4(2)3/h2*1H;;2*1-3H/q;;+2;;/p-2. The fraction of sp³-hybridized carbons (Fsp3) is 0. The molecule has 6 nitrogen and oxygen atoms in total. The summed E-state index contributed by atoms with van der Waals surface area (Å²) < 4.78 is 0. The molecule has 0 unspecified atom stereocenters. The van der Waals surface area contributed by atoms with Crippen molar-refractivity contribution in [2.45, 2.75) is 0 Å². The van der Waals surface area contributed by atoms with Gasteiger partial charge in [-0.2, -0.15) is 0 Å². The van der Waals surface area contributed by atoms with E-state index in [0.29, 0.717) is 0 Å². The van der Waals surface area contributed by atoms with Crippen LogP contribution < -0.4 is 0 Å². The van der Waals surface area contributed by atoms with E-state index < -0.39 is 17.2 Å². The fourth-order valence-corrected chi connectivity index (χ4v) is 0. The Hall–Kier alpha value is 2.07. The first-order chi connectivity index (χ1) is 4.88. The van der Waals surface area contributed by atoms with Crippen molar-refractivity contribution in [1.82, 2.24) is 0 Å². The summed E-state index contributed by atoms with van der Waals surface area (Å²) in [6.45, 7) is 0.